The van der Waals surface area contributed by atoms with Gasteiger partial charge in [-0.3, -0.25) is 4.79 Å². The molecule has 0 bridgehead atoms. The van der Waals surface area contributed by atoms with Gasteiger partial charge in [-0.2, -0.15) is 0 Å². The topological polar surface area (TPSA) is 58.6 Å². The van der Waals surface area contributed by atoms with E-state index in [0.717, 1.165) is 11.3 Å². The molecule has 0 aliphatic rings. The Hall–Kier alpha value is -1.97. The summed E-state index contributed by atoms with van der Waals surface area (Å²) < 4.78 is 0. The maximum absolute atomic E-state index is 11.7. The van der Waals surface area contributed by atoms with Gasteiger partial charge in [-0.25, -0.2) is 9.97 Å². The molecule has 2 aromatic heterocycles. The molecule has 1 N–H and O–H groups in total. The van der Waals surface area contributed by atoms with Crippen LogP contribution in [0.15, 0.2) is 29.3 Å². The molecule has 0 aliphatic heterocycles. The summed E-state index contributed by atoms with van der Waals surface area (Å²) in [6.45, 7) is 3.81. The van der Waals surface area contributed by atoms with E-state index in [0.29, 0.717) is 11.4 Å². The molecule has 4 nitrogen and oxygen atoms in total. The van der Waals surface area contributed by atoms with Gasteiger partial charge in [0.2, 0.25) is 0 Å². The molecule has 0 aliphatic carbocycles. The van der Waals surface area contributed by atoms with Gasteiger partial charge in [0.25, 0.3) is 5.56 Å². The van der Waals surface area contributed by atoms with E-state index in [1.165, 1.54) is 0 Å². The van der Waals surface area contributed by atoms with Crippen molar-refractivity contribution in [1.82, 2.24) is 15.0 Å². The van der Waals surface area contributed by atoms with Crippen molar-refractivity contribution in [3.05, 3.63) is 46.1 Å². The standard InChI is InChI=1S/C11H11N3O/c1-7-6-9(11(15)14-8(7)2)10-12-4-3-5-13-10/h3-6H,1-2H3,(H,14,15). The first-order valence-electron chi connectivity index (χ1n) is 4.66. The van der Waals surface area contributed by atoms with Crippen LogP contribution in [0.25, 0.3) is 11.4 Å². The van der Waals surface area contributed by atoms with Crippen LogP contribution in [0, 0.1) is 13.8 Å². The van der Waals surface area contributed by atoms with E-state index in [-0.39, 0.29) is 5.56 Å². The normalized spacial score (nSPS) is 10.3. The van der Waals surface area contributed by atoms with Crippen LogP contribution in [0.2, 0.25) is 0 Å². The molecule has 0 aromatic carbocycles. The van der Waals surface area contributed by atoms with Crippen LogP contribution < -0.4 is 5.56 Å². The van der Waals surface area contributed by atoms with Gasteiger partial charge < -0.3 is 4.98 Å². The predicted octanol–water partition coefficient (Wildman–Crippen LogP) is 1.45. The van der Waals surface area contributed by atoms with Crippen LogP contribution in [0.4, 0.5) is 0 Å². The summed E-state index contributed by atoms with van der Waals surface area (Å²) in [6.07, 6.45) is 3.24. The van der Waals surface area contributed by atoms with Gasteiger partial charge in [0, 0.05) is 18.1 Å². The average molecular weight is 201 g/mol. The Morgan fingerprint density at radius 3 is 2.53 bits per heavy atom. The van der Waals surface area contributed by atoms with Crippen LogP contribution in [0.1, 0.15) is 11.3 Å². The number of nitrogens with zero attached hydrogens (tertiary/aromatic N) is 2. The first-order chi connectivity index (χ1) is 7.18. The molecule has 4 heteroatoms. The zero-order valence-electron chi connectivity index (χ0n) is 8.61. The largest absolute Gasteiger partial charge is 0.326 e. The number of hydrogen-bond acceptors (Lipinski definition) is 3. The number of rotatable bonds is 1. The molecule has 2 aromatic rings. The van der Waals surface area contributed by atoms with Crippen molar-refractivity contribution in [2.24, 2.45) is 0 Å². The fraction of sp³-hybridized carbons (Fsp3) is 0.182. The zero-order valence-corrected chi connectivity index (χ0v) is 8.61. The third-order valence-electron chi connectivity index (χ3n) is 2.30. The summed E-state index contributed by atoms with van der Waals surface area (Å²) in [6, 6.07) is 3.53. The third kappa shape index (κ3) is 1.79. The van der Waals surface area contributed by atoms with Crippen LogP contribution >= 0.6 is 0 Å². The molecule has 0 radical (unpaired) electrons. The highest BCUT2D eigenvalue weighted by atomic mass is 16.1. The van der Waals surface area contributed by atoms with Gasteiger partial charge in [-0.15, -0.1) is 0 Å². The van der Waals surface area contributed by atoms with E-state index in [4.69, 9.17) is 0 Å². The summed E-state index contributed by atoms with van der Waals surface area (Å²) in [5, 5.41) is 0. The van der Waals surface area contributed by atoms with E-state index >= 15 is 0 Å². The van der Waals surface area contributed by atoms with Crippen molar-refractivity contribution in [3.63, 3.8) is 0 Å². The number of aromatic amines is 1. The second-order valence-electron chi connectivity index (χ2n) is 3.39. The maximum atomic E-state index is 11.7. The number of hydrogen-bond donors (Lipinski definition) is 1. The highest BCUT2D eigenvalue weighted by Gasteiger charge is 2.07. The Morgan fingerprint density at radius 1 is 1.20 bits per heavy atom. The smallest absolute Gasteiger partial charge is 0.259 e. The molecule has 2 rings (SSSR count). The number of H-pyrrole nitrogens is 1. The quantitative estimate of drug-likeness (QED) is 0.759. The number of aromatic nitrogens is 3. The Morgan fingerprint density at radius 2 is 1.87 bits per heavy atom. The molecule has 2 heterocycles. The monoisotopic (exact) mass is 201 g/mol. The number of nitrogens with one attached hydrogen (secondary N) is 1. The lowest BCUT2D eigenvalue weighted by Crippen LogP contribution is -2.12. The molecule has 0 saturated heterocycles. The molecule has 0 amide bonds. The van der Waals surface area contributed by atoms with Crippen molar-refractivity contribution in [2.75, 3.05) is 0 Å². The molecular weight excluding hydrogens is 190 g/mol. The van der Waals surface area contributed by atoms with Gasteiger partial charge in [0.15, 0.2) is 5.82 Å². The molecule has 15 heavy (non-hydrogen) atoms. The molecule has 0 spiro atoms. The van der Waals surface area contributed by atoms with E-state index in [1.54, 1.807) is 18.5 Å². The van der Waals surface area contributed by atoms with Crippen molar-refractivity contribution in [1.29, 1.82) is 0 Å². The molecule has 76 valence electrons. The van der Waals surface area contributed by atoms with Gasteiger partial charge >= 0.3 is 0 Å². The van der Waals surface area contributed by atoms with Crippen molar-refractivity contribution < 1.29 is 0 Å². The summed E-state index contributed by atoms with van der Waals surface area (Å²) in [5.41, 5.74) is 2.26. The summed E-state index contributed by atoms with van der Waals surface area (Å²) >= 11 is 0. The van der Waals surface area contributed by atoms with Gasteiger partial charge in [0.05, 0.1) is 5.56 Å². The first-order valence-corrected chi connectivity index (χ1v) is 4.66. The van der Waals surface area contributed by atoms with Gasteiger partial charge in [0.1, 0.15) is 0 Å². The van der Waals surface area contributed by atoms with Crippen molar-refractivity contribution in [2.45, 2.75) is 13.8 Å². The first kappa shape index (κ1) is 9.58. The minimum absolute atomic E-state index is 0.149. The Balaban J connectivity index is 2.65. The van der Waals surface area contributed by atoms with E-state index in [2.05, 4.69) is 15.0 Å². The van der Waals surface area contributed by atoms with Crippen molar-refractivity contribution in [3.8, 4) is 11.4 Å². The molecule has 0 fully saturated rings. The molecule has 0 unspecified atom stereocenters. The summed E-state index contributed by atoms with van der Waals surface area (Å²) in [4.78, 5) is 22.5. The second-order valence-corrected chi connectivity index (χ2v) is 3.39. The maximum Gasteiger partial charge on any atom is 0.259 e. The molecule has 0 saturated carbocycles. The van der Waals surface area contributed by atoms with Gasteiger partial charge in [-0.05, 0) is 31.5 Å². The minimum Gasteiger partial charge on any atom is -0.326 e. The second kappa shape index (κ2) is 3.65. The van der Waals surface area contributed by atoms with E-state index in [9.17, 15) is 4.79 Å². The SMILES string of the molecule is Cc1cc(-c2ncccn2)c(=O)[nH]c1C. The highest BCUT2D eigenvalue weighted by Crippen LogP contribution is 2.11. The Labute approximate surface area is 87.0 Å². The highest BCUT2D eigenvalue weighted by molar-refractivity contribution is 5.54. The number of pyridine rings is 1. The van der Waals surface area contributed by atoms with Crippen molar-refractivity contribution >= 4 is 0 Å². The predicted molar refractivity (Wildman–Crippen MR) is 57.6 cm³/mol. The lowest BCUT2D eigenvalue weighted by Gasteiger charge is -2.02. The molecular formula is C11H11N3O. The van der Waals surface area contributed by atoms with Crippen LogP contribution in [0.5, 0.6) is 0 Å². The fourth-order valence-electron chi connectivity index (χ4n) is 1.33. The van der Waals surface area contributed by atoms with Gasteiger partial charge in [-0.1, -0.05) is 0 Å². The summed E-state index contributed by atoms with van der Waals surface area (Å²) in [7, 11) is 0. The van der Waals surface area contributed by atoms with Crippen LogP contribution in [0.3, 0.4) is 0 Å². The fourth-order valence-corrected chi connectivity index (χ4v) is 1.33. The minimum atomic E-state index is -0.149. The zero-order chi connectivity index (χ0) is 10.8. The Bertz CT molecular complexity index is 531. The summed E-state index contributed by atoms with van der Waals surface area (Å²) in [5.74, 6) is 0.460. The molecule has 0 atom stereocenters. The van der Waals surface area contributed by atoms with E-state index in [1.807, 2.05) is 19.9 Å². The van der Waals surface area contributed by atoms with Crippen LogP contribution in [-0.2, 0) is 0 Å². The average Bonchev–Trinajstić information content (AvgIpc) is 2.25. The Kier molecular flexibility index (Phi) is 2.33. The lowest BCUT2D eigenvalue weighted by atomic mass is 10.1. The van der Waals surface area contributed by atoms with Crippen LogP contribution in [-0.4, -0.2) is 15.0 Å². The third-order valence-corrected chi connectivity index (χ3v) is 2.30. The number of aryl methyl sites for hydroxylation is 2. The van der Waals surface area contributed by atoms with E-state index < -0.39 is 0 Å². The lowest BCUT2D eigenvalue weighted by molar-refractivity contribution is 1.08.